The Morgan fingerprint density at radius 3 is 2.27 bits per heavy atom. The third-order valence-corrected chi connectivity index (χ3v) is 5.79. The van der Waals surface area contributed by atoms with E-state index in [1.807, 2.05) is 30.3 Å². The number of fused-ring (bicyclic) bond motifs is 1. The van der Waals surface area contributed by atoms with E-state index in [1.165, 1.54) is 11.6 Å². The molecule has 0 aliphatic heterocycles. The Hall–Kier alpha value is -2.85. The molecule has 4 rings (SSSR count). The lowest BCUT2D eigenvalue weighted by molar-refractivity contribution is 0.602. The van der Waals surface area contributed by atoms with Crippen LogP contribution in [-0.4, -0.2) is 19.7 Å². The lowest BCUT2D eigenvalue weighted by atomic mass is 9.93. The van der Waals surface area contributed by atoms with E-state index in [2.05, 4.69) is 42.2 Å². The third kappa shape index (κ3) is 2.93. The molecule has 0 spiro atoms. The molecule has 0 fully saturated rings. The van der Waals surface area contributed by atoms with E-state index in [1.54, 1.807) is 12.1 Å². The molecule has 130 valence electrons. The fourth-order valence-corrected chi connectivity index (χ4v) is 3.99. The van der Waals surface area contributed by atoms with Crippen molar-refractivity contribution in [2.45, 2.75) is 11.8 Å². The number of hydrogen-bond acceptors (Lipinski definition) is 2. The topological polar surface area (TPSA) is 49.9 Å². The van der Waals surface area contributed by atoms with Gasteiger partial charge in [0.2, 0.25) is 0 Å². The first-order chi connectivity index (χ1) is 12.4. The van der Waals surface area contributed by atoms with Gasteiger partial charge in [-0.05, 0) is 47.9 Å². The maximum absolute atomic E-state index is 11.7. The monoisotopic (exact) mass is 361 g/mol. The zero-order valence-electron chi connectivity index (χ0n) is 14.7. The van der Waals surface area contributed by atoms with Crippen LogP contribution in [0.2, 0.25) is 0 Å². The number of sulfone groups is 1. The van der Waals surface area contributed by atoms with Gasteiger partial charge in [-0.1, -0.05) is 48.5 Å². The Morgan fingerprint density at radius 2 is 1.58 bits per heavy atom. The van der Waals surface area contributed by atoms with Crippen molar-refractivity contribution in [1.29, 1.82) is 0 Å². The number of aromatic amines is 1. The second kappa shape index (κ2) is 6.15. The van der Waals surface area contributed by atoms with Crippen LogP contribution in [0, 0.1) is 6.92 Å². The van der Waals surface area contributed by atoms with E-state index >= 15 is 0 Å². The summed E-state index contributed by atoms with van der Waals surface area (Å²) in [4.78, 5) is 3.82. The Balaban J connectivity index is 1.89. The molecule has 0 amide bonds. The second-order valence-corrected chi connectivity index (χ2v) is 8.58. The minimum atomic E-state index is -3.20. The number of H-pyrrole nitrogens is 1. The van der Waals surface area contributed by atoms with Gasteiger partial charge in [0.05, 0.1) is 4.90 Å². The van der Waals surface area contributed by atoms with E-state index in [9.17, 15) is 8.42 Å². The summed E-state index contributed by atoms with van der Waals surface area (Å²) in [5.74, 6) is 0. The maximum Gasteiger partial charge on any atom is 0.175 e. The van der Waals surface area contributed by atoms with E-state index in [-0.39, 0.29) is 0 Å². The Kier molecular flexibility index (Phi) is 3.93. The highest BCUT2D eigenvalue weighted by Gasteiger charge is 2.13. The quantitative estimate of drug-likeness (QED) is 0.544. The van der Waals surface area contributed by atoms with Crippen LogP contribution < -0.4 is 0 Å². The molecule has 0 atom stereocenters. The molecule has 1 heterocycles. The minimum Gasteiger partial charge on any atom is -0.355 e. The first-order valence-electron chi connectivity index (χ1n) is 8.42. The molecule has 0 aliphatic carbocycles. The Labute approximate surface area is 153 Å². The molecule has 0 saturated carbocycles. The predicted molar refractivity (Wildman–Crippen MR) is 107 cm³/mol. The SMILES string of the molecule is Cc1cccc(-c2cc3ccccc3[nH]2)c1-c1ccc(S(C)(=O)=O)cc1. The van der Waals surface area contributed by atoms with E-state index in [0.29, 0.717) is 4.90 Å². The van der Waals surface area contributed by atoms with Crippen molar-refractivity contribution in [3.63, 3.8) is 0 Å². The molecular formula is C22H19NO2S. The van der Waals surface area contributed by atoms with Crippen LogP contribution in [0.15, 0.2) is 77.7 Å². The summed E-state index contributed by atoms with van der Waals surface area (Å²) in [6.07, 6.45) is 1.23. The molecule has 0 radical (unpaired) electrons. The van der Waals surface area contributed by atoms with Crippen molar-refractivity contribution in [3.8, 4) is 22.4 Å². The van der Waals surface area contributed by atoms with Crippen LogP contribution in [0.25, 0.3) is 33.3 Å². The second-order valence-electron chi connectivity index (χ2n) is 6.56. The zero-order chi connectivity index (χ0) is 18.3. The van der Waals surface area contributed by atoms with Crippen LogP contribution in [0.5, 0.6) is 0 Å². The number of rotatable bonds is 3. The molecule has 26 heavy (non-hydrogen) atoms. The first kappa shape index (κ1) is 16.6. The third-order valence-electron chi connectivity index (χ3n) is 4.66. The van der Waals surface area contributed by atoms with Crippen LogP contribution in [-0.2, 0) is 9.84 Å². The standard InChI is InChI=1S/C22H19NO2S/c1-15-6-5-8-19(21-14-17-7-3-4-9-20(17)23-21)22(15)16-10-12-18(13-11-16)26(2,24)25/h3-14,23H,1-2H3. The number of benzene rings is 3. The molecule has 0 unspecified atom stereocenters. The highest BCUT2D eigenvalue weighted by atomic mass is 32.2. The van der Waals surface area contributed by atoms with Crippen molar-refractivity contribution < 1.29 is 8.42 Å². The first-order valence-corrected chi connectivity index (χ1v) is 10.3. The molecule has 4 heteroatoms. The molecule has 3 nitrogen and oxygen atoms in total. The largest absolute Gasteiger partial charge is 0.355 e. The number of hydrogen-bond donors (Lipinski definition) is 1. The molecular weight excluding hydrogens is 342 g/mol. The Morgan fingerprint density at radius 1 is 0.846 bits per heavy atom. The molecule has 3 aromatic carbocycles. The predicted octanol–water partition coefficient (Wildman–Crippen LogP) is 5.21. The van der Waals surface area contributed by atoms with Gasteiger partial charge in [0.25, 0.3) is 0 Å². The Bertz CT molecular complexity index is 1170. The van der Waals surface area contributed by atoms with Gasteiger partial charge in [0, 0.05) is 28.4 Å². The van der Waals surface area contributed by atoms with E-state index in [4.69, 9.17) is 0 Å². The van der Waals surface area contributed by atoms with Crippen molar-refractivity contribution in [1.82, 2.24) is 4.98 Å². The van der Waals surface area contributed by atoms with Crippen molar-refractivity contribution in [2.75, 3.05) is 6.26 Å². The van der Waals surface area contributed by atoms with Gasteiger partial charge in [0.1, 0.15) is 0 Å². The number of aryl methyl sites for hydroxylation is 1. The number of aromatic nitrogens is 1. The normalized spacial score (nSPS) is 11.8. The van der Waals surface area contributed by atoms with Crippen molar-refractivity contribution >= 4 is 20.7 Å². The number of para-hydroxylation sites is 1. The molecule has 1 N–H and O–H groups in total. The van der Waals surface area contributed by atoms with Gasteiger partial charge >= 0.3 is 0 Å². The van der Waals surface area contributed by atoms with Gasteiger partial charge in [-0.15, -0.1) is 0 Å². The fraction of sp³-hybridized carbons (Fsp3) is 0.0909. The summed E-state index contributed by atoms with van der Waals surface area (Å²) in [6, 6.07) is 23.7. The highest BCUT2D eigenvalue weighted by Crippen LogP contribution is 2.36. The van der Waals surface area contributed by atoms with Crippen LogP contribution in [0.1, 0.15) is 5.56 Å². The van der Waals surface area contributed by atoms with Gasteiger partial charge in [-0.25, -0.2) is 8.42 Å². The molecule has 0 aliphatic rings. The van der Waals surface area contributed by atoms with Gasteiger partial charge in [0.15, 0.2) is 9.84 Å². The summed E-state index contributed by atoms with van der Waals surface area (Å²) in [5.41, 5.74) is 6.52. The average molecular weight is 361 g/mol. The van der Waals surface area contributed by atoms with Crippen LogP contribution in [0.4, 0.5) is 0 Å². The minimum absolute atomic E-state index is 0.335. The molecule has 0 saturated heterocycles. The smallest absolute Gasteiger partial charge is 0.175 e. The average Bonchev–Trinajstić information content (AvgIpc) is 3.05. The summed E-state index contributed by atoms with van der Waals surface area (Å²) in [5, 5.41) is 1.17. The summed E-state index contributed by atoms with van der Waals surface area (Å²) < 4.78 is 23.5. The summed E-state index contributed by atoms with van der Waals surface area (Å²) in [6.45, 7) is 2.08. The van der Waals surface area contributed by atoms with Crippen LogP contribution in [0.3, 0.4) is 0 Å². The van der Waals surface area contributed by atoms with E-state index in [0.717, 1.165) is 33.5 Å². The van der Waals surface area contributed by atoms with Gasteiger partial charge < -0.3 is 4.98 Å². The fourth-order valence-electron chi connectivity index (χ4n) is 3.36. The summed E-state index contributed by atoms with van der Waals surface area (Å²) in [7, 11) is -3.20. The van der Waals surface area contributed by atoms with Gasteiger partial charge in [-0.2, -0.15) is 0 Å². The van der Waals surface area contributed by atoms with Crippen molar-refractivity contribution in [3.05, 3.63) is 78.4 Å². The molecule has 1 aromatic heterocycles. The maximum atomic E-state index is 11.7. The lowest BCUT2D eigenvalue weighted by Gasteiger charge is -2.12. The molecule has 4 aromatic rings. The summed E-state index contributed by atoms with van der Waals surface area (Å²) >= 11 is 0. The van der Waals surface area contributed by atoms with Crippen molar-refractivity contribution in [2.24, 2.45) is 0 Å². The lowest BCUT2D eigenvalue weighted by Crippen LogP contribution is -1.97. The van der Waals surface area contributed by atoms with E-state index < -0.39 is 9.84 Å². The highest BCUT2D eigenvalue weighted by molar-refractivity contribution is 7.90. The number of nitrogens with one attached hydrogen (secondary N) is 1. The van der Waals surface area contributed by atoms with Gasteiger partial charge in [-0.3, -0.25) is 0 Å². The van der Waals surface area contributed by atoms with Crippen LogP contribution >= 0.6 is 0 Å². The molecule has 0 bridgehead atoms. The zero-order valence-corrected chi connectivity index (χ0v) is 15.5.